The Labute approximate surface area is 163 Å². The Hall–Kier alpha value is -1.02. The maximum atomic E-state index is 6.49. The summed E-state index contributed by atoms with van der Waals surface area (Å²) in [5.74, 6) is 2.43. The summed E-state index contributed by atoms with van der Waals surface area (Å²) in [5.41, 5.74) is 1.49. The van der Waals surface area contributed by atoms with Gasteiger partial charge in [-0.1, -0.05) is 79.9 Å². The number of hydrogen-bond donors (Lipinski definition) is 1. The van der Waals surface area contributed by atoms with Crippen LogP contribution in [-0.4, -0.2) is 13.2 Å². The van der Waals surface area contributed by atoms with Crippen LogP contribution in [0.1, 0.15) is 92.2 Å². The zero-order valence-electron chi connectivity index (χ0n) is 18.6. The maximum Gasteiger partial charge on any atom is 0.119 e. The van der Waals surface area contributed by atoms with Crippen molar-refractivity contribution in [2.75, 3.05) is 7.05 Å². The molecule has 0 spiro atoms. The third-order valence-corrected chi connectivity index (χ3v) is 5.40. The van der Waals surface area contributed by atoms with E-state index >= 15 is 0 Å². The zero-order chi connectivity index (χ0) is 19.7. The Morgan fingerprint density at radius 3 is 2.04 bits per heavy atom. The van der Waals surface area contributed by atoms with E-state index in [1.54, 1.807) is 0 Å². The number of rotatable bonds is 11. The van der Waals surface area contributed by atoms with Crippen LogP contribution in [-0.2, 0) is 0 Å². The molecule has 0 saturated carbocycles. The van der Waals surface area contributed by atoms with Crippen LogP contribution in [0.5, 0.6) is 5.75 Å². The van der Waals surface area contributed by atoms with Gasteiger partial charge in [-0.15, -0.1) is 0 Å². The Bertz CT molecular complexity index is 486. The van der Waals surface area contributed by atoms with Gasteiger partial charge in [-0.2, -0.15) is 0 Å². The molecule has 2 heteroatoms. The van der Waals surface area contributed by atoms with Crippen LogP contribution in [0.3, 0.4) is 0 Å². The van der Waals surface area contributed by atoms with Crippen LogP contribution in [0, 0.1) is 17.3 Å². The molecule has 0 saturated heterocycles. The summed E-state index contributed by atoms with van der Waals surface area (Å²) < 4.78 is 6.49. The summed E-state index contributed by atoms with van der Waals surface area (Å²) >= 11 is 0. The lowest BCUT2D eigenvalue weighted by Gasteiger charge is -2.34. The highest BCUT2D eigenvalue weighted by atomic mass is 16.5. The third kappa shape index (κ3) is 7.70. The van der Waals surface area contributed by atoms with E-state index in [9.17, 15) is 0 Å². The van der Waals surface area contributed by atoms with E-state index < -0.39 is 0 Å². The molecule has 0 aromatic heterocycles. The molecule has 0 fully saturated rings. The van der Waals surface area contributed by atoms with Gasteiger partial charge in [0.05, 0.1) is 0 Å². The molecule has 0 heterocycles. The highest BCUT2D eigenvalue weighted by molar-refractivity contribution is 5.29. The molecule has 1 rings (SSSR count). The van der Waals surface area contributed by atoms with Gasteiger partial charge >= 0.3 is 0 Å². The summed E-state index contributed by atoms with van der Waals surface area (Å²) in [6.07, 6.45) is 6.33. The molecule has 0 aliphatic carbocycles. The first-order valence-corrected chi connectivity index (χ1v) is 10.6. The maximum absolute atomic E-state index is 6.49. The molecule has 0 aliphatic heterocycles. The van der Waals surface area contributed by atoms with Crippen LogP contribution in [0.15, 0.2) is 24.3 Å². The van der Waals surface area contributed by atoms with Gasteiger partial charge in [-0.25, -0.2) is 0 Å². The van der Waals surface area contributed by atoms with E-state index in [1.165, 1.54) is 24.8 Å². The van der Waals surface area contributed by atoms with Crippen molar-refractivity contribution in [2.24, 2.45) is 17.3 Å². The van der Waals surface area contributed by atoms with Gasteiger partial charge in [0.1, 0.15) is 11.9 Å². The molecule has 0 aliphatic rings. The van der Waals surface area contributed by atoms with Gasteiger partial charge in [-0.05, 0) is 54.8 Å². The van der Waals surface area contributed by atoms with Gasteiger partial charge in [0.25, 0.3) is 0 Å². The van der Waals surface area contributed by atoms with Crippen molar-refractivity contribution >= 4 is 0 Å². The molecule has 0 bridgehead atoms. The second-order valence-electron chi connectivity index (χ2n) is 9.31. The first kappa shape index (κ1) is 23.0. The van der Waals surface area contributed by atoms with Crippen LogP contribution >= 0.6 is 0 Å². The fourth-order valence-corrected chi connectivity index (χ4v) is 3.61. The molecule has 1 aromatic rings. The molecule has 0 radical (unpaired) electrons. The van der Waals surface area contributed by atoms with E-state index in [0.717, 1.165) is 24.5 Å². The Balaban J connectivity index is 2.85. The van der Waals surface area contributed by atoms with Crippen LogP contribution in [0.25, 0.3) is 0 Å². The van der Waals surface area contributed by atoms with Crippen molar-refractivity contribution < 1.29 is 4.74 Å². The minimum atomic E-state index is 0.144. The molecule has 3 atom stereocenters. The smallest absolute Gasteiger partial charge is 0.119 e. The van der Waals surface area contributed by atoms with Crippen LogP contribution in [0.2, 0.25) is 0 Å². The van der Waals surface area contributed by atoms with Gasteiger partial charge in [0.2, 0.25) is 0 Å². The average Bonchev–Trinajstić information content (AvgIpc) is 2.58. The van der Waals surface area contributed by atoms with Gasteiger partial charge in [0, 0.05) is 6.04 Å². The molecule has 150 valence electrons. The zero-order valence-corrected chi connectivity index (χ0v) is 18.6. The van der Waals surface area contributed by atoms with Gasteiger partial charge in [-0.3, -0.25) is 0 Å². The number of ether oxygens (including phenoxy) is 1. The van der Waals surface area contributed by atoms with Crippen LogP contribution in [0.4, 0.5) is 0 Å². The molecule has 1 N–H and O–H groups in total. The summed E-state index contributed by atoms with van der Waals surface area (Å²) in [6.45, 7) is 16.0. The third-order valence-electron chi connectivity index (χ3n) is 5.40. The van der Waals surface area contributed by atoms with E-state index in [-0.39, 0.29) is 11.5 Å². The summed E-state index contributed by atoms with van der Waals surface area (Å²) in [6, 6.07) is 9.17. The second kappa shape index (κ2) is 11.0. The van der Waals surface area contributed by atoms with E-state index in [4.69, 9.17) is 4.74 Å². The van der Waals surface area contributed by atoms with Crippen molar-refractivity contribution in [3.05, 3.63) is 29.8 Å². The largest absolute Gasteiger partial charge is 0.490 e. The first-order chi connectivity index (χ1) is 12.2. The number of benzene rings is 1. The fraction of sp³-hybridized carbons (Fsp3) is 0.750. The lowest BCUT2D eigenvalue weighted by atomic mass is 9.81. The first-order valence-electron chi connectivity index (χ1n) is 10.6. The van der Waals surface area contributed by atoms with Crippen molar-refractivity contribution in [3.8, 4) is 5.75 Å². The normalized spacial score (nSPS) is 15.7. The number of nitrogens with one attached hydrogen (secondary N) is 1. The monoisotopic (exact) mass is 361 g/mol. The lowest BCUT2D eigenvalue weighted by molar-refractivity contribution is 0.0611. The van der Waals surface area contributed by atoms with E-state index in [1.807, 2.05) is 7.05 Å². The lowest BCUT2D eigenvalue weighted by Crippen LogP contribution is -2.34. The highest BCUT2D eigenvalue weighted by Crippen LogP contribution is 2.32. The molecule has 3 unspecified atom stereocenters. The summed E-state index contributed by atoms with van der Waals surface area (Å²) in [7, 11) is 2.05. The molecule has 0 amide bonds. The molecule has 2 nitrogen and oxygen atoms in total. The van der Waals surface area contributed by atoms with Crippen molar-refractivity contribution in [1.82, 2.24) is 5.32 Å². The molecular weight excluding hydrogens is 318 g/mol. The second-order valence-corrected chi connectivity index (χ2v) is 9.31. The minimum Gasteiger partial charge on any atom is -0.490 e. The Morgan fingerprint density at radius 1 is 1.00 bits per heavy atom. The van der Waals surface area contributed by atoms with E-state index in [0.29, 0.717) is 12.0 Å². The van der Waals surface area contributed by atoms with Gasteiger partial charge in [0.15, 0.2) is 0 Å². The average molecular weight is 362 g/mol. The predicted octanol–water partition coefficient (Wildman–Crippen LogP) is 7.00. The molecular formula is C24H43NO. The Morgan fingerprint density at radius 2 is 1.62 bits per heavy atom. The van der Waals surface area contributed by atoms with Crippen molar-refractivity contribution in [1.29, 1.82) is 0 Å². The topological polar surface area (TPSA) is 21.3 Å². The van der Waals surface area contributed by atoms with Crippen molar-refractivity contribution in [2.45, 2.75) is 92.7 Å². The molecule has 1 aromatic carbocycles. The highest BCUT2D eigenvalue weighted by Gasteiger charge is 2.29. The minimum absolute atomic E-state index is 0.144. The van der Waals surface area contributed by atoms with Gasteiger partial charge < -0.3 is 10.1 Å². The standard InChI is InChI=1S/C24H43NO/c1-9-11-19(10-2)17-23(24(5,6)7)26-21-14-12-20(13-15-21)22(25-8)16-18(3)4/h12-15,18-19,22-23,25H,9-11,16-17H2,1-8H3. The predicted molar refractivity (Wildman–Crippen MR) is 115 cm³/mol. The van der Waals surface area contributed by atoms with E-state index in [2.05, 4.69) is 78.0 Å². The molecule has 26 heavy (non-hydrogen) atoms. The summed E-state index contributed by atoms with van der Waals surface area (Å²) in [5, 5.41) is 3.44. The fourth-order valence-electron chi connectivity index (χ4n) is 3.61. The summed E-state index contributed by atoms with van der Waals surface area (Å²) in [4.78, 5) is 0. The number of hydrogen-bond acceptors (Lipinski definition) is 2. The van der Waals surface area contributed by atoms with Crippen molar-refractivity contribution in [3.63, 3.8) is 0 Å². The SMILES string of the molecule is CCCC(CC)CC(Oc1ccc(C(CC(C)C)NC)cc1)C(C)(C)C. The Kier molecular flexibility index (Phi) is 9.71. The van der Waals surface area contributed by atoms with Crippen LogP contribution < -0.4 is 10.1 Å². The quantitative estimate of drug-likeness (QED) is 0.458.